The standard InChI is InChI=1S/C17H19N3/c1-11(2)17-19-14-10-13(18)8-9-16(14)20(17)15-7-5-4-6-12(15)3/h4-11H,18H2,1-3H3. The highest BCUT2D eigenvalue weighted by molar-refractivity contribution is 5.82. The molecule has 1 heterocycles. The zero-order valence-electron chi connectivity index (χ0n) is 12.1. The van der Waals surface area contributed by atoms with Crippen LogP contribution < -0.4 is 5.73 Å². The second kappa shape index (κ2) is 4.67. The van der Waals surface area contributed by atoms with Crippen LogP contribution in [0.25, 0.3) is 16.7 Å². The molecule has 3 aromatic rings. The molecule has 2 N–H and O–H groups in total. The van der Waals surface area contributed by atoms with Gasteiger partial charge in [0, 0.05) is 11.6 Å². The number of aromatic nitrogens is 2. The Morgan fingerprint density at radius 1 is 1.10 bits per heavy atom. The minimum Gasteiger partial charge on any atom is -0.399 e. The first-order chi connectivity index (χ1) is 9.58. The summed E-state index contributed by atoms with van der Waals surface area (Å²) in [6.07, 6.45) is 0. The number of para-hydroxylation sites is 1. The van der Waals surface area contributed by atoms with E-state index in [4.69, 9.17) is 10.7 Å². The minimum atomic E-state index is 0.350. The largest absolute Gasteiger partial charge is 0.399 e. The Balaban J connectivity index is 2.38. The summed E-state index contributed by atoms with van der Waals surface area (Å²) in [5.41, 5.74) is 11.1. The molecule has 0 unspecified atom stereocenters. The molecule has 0 aliphatic rings. The maximum absolute atomic E-state index is 5.88. The lowest BCUT2D eigenvalue weighted by Gasteiger charge is -2.13. The summed E-state index contributed by atoms with van der Waals surface area (Å²) in [6, 6.07) is 14.3. The van der Waals surface area contributed by atoms with Crippen molar-refractivity contribution in [1.29, 1.82) is 0 Å². The first-order valence-corrected chi connectivity index (χ1v) is 6.92. The molecular formula is C17H19N3. The number of imidazole rings is 1. The van der Waals surface area contributed by atoms with Gasteiger partial charge in [-0.3, -0.25) is 4.57 Å². The topological polar surface area (TPSA) is 43.8 Å². The maximum atomic E-state index is 5.88. The number of anilines is 1. The fraction of sp³-hybridized carbons (Fsp3) is 0.235. The van der Waals surface area contributed by atoms with Crippen molar-refractivity contribution in [3.63, 3.8) is 0 Å². The molecule has 0 spiro atoms. The van der Waals surface area contributed by atoms with Crippen LogP contribution in [-0.2, 0) is 0 Å². The van der Waals surface area contributed by atoms with E-state index in [1.807, 2.05) is 12.1 Å². The van der Waals surface area contributed by atoms with Crippen LogP contribution in [0.5, 0.6) is 0 Å². The number of benzene rings is 2. The molecule has 2 aromatic carbocycles. The van der Waals surface area contributed by atoms with Crippen LogP contribution in [0.2, 0.25) is 0 Å². The number of fused-ring (bicyclic) bond motifs is 1. The second-order valence-electron chi connectivity index (χ2n) is 5.49. The van der Waals surface area contributed by atoms with E-state index in [2.05, 4.69) is 55.7 Å². The van der Waals surface area contributed by atoms with Crippen molar-refractivity contribution in [2.24, 2.45) is 0 Å². The van der Waals surface area contributed by atoms with Crippen LogP contribution in [0.1, 0.15) is 31.2 Å². The lowest BCUT2D eigenvalue weighted by molar-refractivity contribution is 0.758. The van der Waals surface area contributed by atoms with Gasteiger partial charge in [0.05, 0.1) is 16.7 Å². The van der Waals surface area contributed by atoms with Crippen LogP contribution in [0, 0.1) is 6.92 Å². The third-order valence-corrected chi connectivity index (χ3v) is 3.58. The molecule has 0 bridgehead atoms. The fourth-order valence-electron chi connectivity index (χ4n) is 2.57. The van der Waals surface area contributed by atoms with E-state index in [9.17, 15) is 0 Å². The zero-order valence-corrected chi connectivity index (χ0v) is 12.1. The Bertz CT molecular complexity index is 769. The molecule has 3 heteroatoms. The third-order valence-electron chi connectivity index (χ3n) is 3.58. The van der Waals surface area contributed by atoms with Gasteiger partial charge >= 0.3 is 0 Å². The average molecular weight is 265 g/mol. The van der Waals surface area contributed by atoms with Crippen molar-refractivity contribution in [2.75, 3.05) is 5.73 Å². The molecule has 1 aromatic heterocycles. The second-order valence-corrected chi connectivity index (χ2v) is 5.49. The Morgan fingerprint density at radius 2 is 1.85 bits per heavy atom. The zero-order chi connectivity index (χ0) is 14.3. The van der Waals surface area contributed by atoms with Crippen molar-refractivity contribution in [1.82, 2.24) is 9.55 Å². The molecule has 0 amide bonds. The predicted molar refractivity (Wildman–Crippen MR) is 84.3 cm³/mol. The van der Waals surface area contributed by atoms with Gasteiger partial charge in [0.1, 0.15) is 5.82 Å². The normalized spacial score (nSPS) is 11.4. The van der Waals surface area contributed by atoms with Crippen LogP contribution in [0.4, 0.5) is 5.69 Å². The van der Waals surface area contributed by atoms with Gasteiger partial charge in [0.25, 0.3) is 0 Å². The molecule has 3 nitrogen and oxygen atoms in total. The molecule has 0 aliphatic carbocycles. The summed E-state index contributed by atoms with van der Waals surface area (Å²) in [6.45, 7) is 6.46. The van der Waals surface area contributed by atoms with Crippen molar-refractivity contribution in [3.05, 3.63) is 53.9 Å². The van der Waals surface area contributed by atoms with Crippen molar-refractivity contribution in [3.8, 4) is 5.69 Å². The number of hydrogen-bond donors (Lipinski definition) is 1. The van der Waals surface area contributed by atoms with E-state index in [0.717, 1.165) is 22.5 Å². The molecule has 0 aliphatic heterocycles. The number of hydrogen-bond acceptors (Lipinski definition) is 2. The van der Waals surface area contributed by atoms with Gasteiger partial charge in [-0.25, -0.2) is 4.98 Å². The first kappa shape index (κ1) is 12.7. The molecule has 0 saturated heterocycles. The summed E-state index contributed by atoms with van der Waals surface area (Å²) in [5, 5.41) is 0. The predicted octanol–water partition coefficient (Wildman–Crippen LogP) is 4.04. The summed E-state index contributed by atoms with van der Waals surface area (Å²) in [4.78, 5) is 4.77. The van der Waals surface area contributed by atoms with Crippen molar-refractivity contribution < 1.29 is 0 Å². The fourth-order valence-corrected chi connectivity index (χ4v) is 2.57. The monoisotopic (exact) mass is 265 g/mol. The number of aryl methyl sites for hydroxylation is 1. The summed E-state index contributed by atoms with van der Waals surface area (Å²) >= 11 is 0. The Hall–Kier alpha value is -2.29. The van der Waals surface area contributed by atoms with E-state index in [0.29, 0.717) is 5.92 Å². The molecule has 0 radical (unpaired) electrons. The summed E-state index contributed by atoms with van der Waals surface area (Å²) < 4.78 is 2.24. The lowest BCUT2D eigenvalue weighted by atomic mass is 10.1. The van der Waals surface area contributed by atoms with Crippen LogP contribution in [0.15, 0.2) is 42.5 Å². The highest BCUT2D eigenvalue weighted by Gasteiger charge is 2.16. The highest BCUT2D eigenvalue weighted by atomic mass is 15.1. The average Bonchev–Trinajstić information content (AvgIpc) is 2.78. The van der Waals surface area contributed by atoms with Gasteiger partial charge in [-0.05, 0) is 36.8 Å². The molecular weight excluding hydrogens is 246 g/mol. The smallest absolute Gasteiger partial charge is 0.117 e. The van der Waals surface area contributed by atoms with Crippen LogP contribution in [0.3, 0.4) is 0 Å². The van der Waals surface area contributed by atoms with Gasteiger partial charge in [-0.2, -0.15) is 0 Å². The van der Waals surface area contributed by atoms with Gasteiger partial charge in [0.15, 0.2) is 0 Å². The molecule has 20 heavy (non-hydrogen) atoms. The van der Waals surface area contributed by atoms with Gasteiger partial charge in [-0.1, -0.05) is 32.0 Å². The molecule has 3 rings (SSSR count). The number of nitrogens with two attached hydrogens (primary N) is 1. The number of rotatable bonds is 2. The van der Waals surface area contributed by atoms with E-state index >= 15 is 0 Å². The van der Waals surface area contributed by atoms with Crippen LogP contribution in [-0.4, -0.2) is 9.55 Å². The Kier molecular flexibility index (Phi) is 2.97. The Morgan fingerprint density at radius 3 is 2.55 bits per heavy atom. The van der Waals surface area contributed by atoms with E-state index in [-0.39, 0.29) is 0 Å². The third kappa shape index (κ3) is 1.95. The number of nitrogens with zero attached hydrogens (tertiary/aromatic N) is 2. The lowest BCUT2D eigenvalue weighted by Crippen LogP contribution is -2.04. The number of nitrogen functional groups attached to an aromatic ring is 1. The Labute approximate surface area is 119 Å². The van der Waals surface area contributed by atoms with Gasteiger partial charge in [-0.15, -0.1) is 0 Å². The van der Waals surface area contributed by atoms with E-state index in [1.165, 1.54) is 11.3 Å². The highest BCUT2D eigenvalue weighted by Crippen LogP contribution is 2.28. The van der Waals surface area contributed by atoms with Crippen LogP contribution >= 0.6 is 0 Å². The van der Waals surface area contributed by atoms with Crippen molar-refractivity contribution in [2.45, 2.75) is 26.7 Å². The van der Waals surface area contributed by atoms with E-state index in [1.54, 1.807) is 0 Å². The van der Waals surface area contributed by atoms with E-state index < -0.39 is 0 Å². The SMILES string of the molecule is Cc1ccccc1-n1c(C(C)C)nc2cc(N)ccc21. The summed E-state index contributed by atoms with van der Waals surface area (Å²) in [7, 11) is 0. The van der Waals surface area contributed by atoms with Crippen molar-refractivity contribution >= 4 is 16.7 Å². The first-order valence-electron chi connectivity index (χ1n) is 6.92. The molecule has 0 fully saturated rings. The van der Waals surface area contributed by atoms with Gasteiger partial charge < -0.3 is 5.73 Å². The maximum Gasteiger partial charge on any atom is 0.117 e. The summed E-state index contributed by atoms with van der Waals surface area (Å²) in [5.74, 6) is 1.42. The molecule has 0 atom stereocenters. The minimum absolute atomic E-state index is 0.350. The molecule has 102 valence electrons. The van der Waals surface area contributed by atoms with Gasteiger partial charge in [0.2, 0.25) is 0 Å². The quantitative estimate of drug-likeness (QED) is 0.711. The molecule has 0 saturated carbocycles.